The number of amides is 1. The van der Waals surface area contributed by atoms with Crippen LogP contribution in [0.5, 0.6) is 0 Å². The maximum atomic E-state index is 11.5. The quantitative estimate of drug-likeness (QED) is 0.844. The highest BCUT2D eigenvalue weighted by Crippen LogP contribution is 2.25. The zero-order valence-corrected chi connectivity index (χ0v) is 13.2. The Morgan fingerprint density at radius 2 is 2.23 bits per heavy atom. The second kappa shape index (κ2) is 7.15. The number of hydrogen-bond acceptors (Lipinski definition) is 5. The van der Waals surface area contributed by atoms with Crippen LogP contribution in [0.15, 0.2) is 12.3 Å². The number of rotatable bonds is 3. The van der Waals surface area contributed by atoms with Crippen molar-refractivity contribution in [2.24, 2.45) is 0 Å². The molecule has 2 saturated heterocycles. The fourth-order valence-electron chi connectivity index (χ4n) is 3.11. The van der Waals surface area contributed by atoms with E-state index in [9.17, 15) is 4.79 Å². The molecule has 1 aromatic heterocycles. The minimum Gasteiger partial charge on any atom is -0.370 e. The Balaban J connectivity index is 1.60. The molecule has 120 valence electrons. The van der Waals surface area contributed by atoms with Crippen molar-refractivity contribution >= 4 is 5.91 Å². The molecule has 0 spiro atoms. The number of carbonyl (C=O) groups is 1. The molecule has 0 unspecified atom stereocenters. The molecule has 2 fully saturated rings. The van der Waals surface area contributed by atoms with Crippen LogP contribution in [0.1, 0.15) is 43.8 Å². The van der Waals surface area contributed by atoms with Crippen LogP contribution in [0.25, 0.3) is 0 Å². The van der Waals surface area contributed by atoms with E-state index >= 15 is 0 Å². The molecule has 3 rings (SSSR count). The van der Waals surface area contributed by atoms with Gasteiger partial charge in [-0.25, -0.2) is 9.97 Å². The Kier molecular flexibility index (Phi) is 5.00. The van der Waals surface area contributed by atoms with Crippen molar-refractivity contribution in [3.05, 3.63) is 23.8 Å². The van der Waals surface area contributed by atoms with Crippen LogP contribution in [0.2, 0.25) is 0 Å². The molecule has 0 aromatic carbocycles. The van der Waals surface area contributed by atoms with Crippen molar-refractivity contribution in [2.75, 3.05) is 32.8 Å². The van der Waals surface area contributed by atoms with Gasteiger partial charge in [0, 0.05) is 52.5 Å². The first-order valence-corrected chi connectivity index (χ1v) is 8.13. The second-order valence-electron chi connectivity index (χ2n) is 6.04. The van der Waals surface area contributed by atoms with Gasteiger partial charge in [-0.2, -0.15) is 0 Å². The summed E-state index contributed by atoms with van der Waals surface area (Å²) in [5, 5.41) is 0. The third-order valence-corrected chi connectivity index (χ3v) is 4.37. The summed E-state index contributed by atoms with van der Waals surface area (Å²) in [6, 6.07) is 1.98. The van der Waals surface area contributed by atoms with E-state index in [4.69, 9.17) is 4.74 Å². The number of ether oxygens (including phenoxy) is 1. The highest BCUT2D eigenvalue weighted by molar-refractivity contribution is 5.73. The molecule has 0 bridgehead atoms. The Labute approximate surface area is 131 Å². The molecule has 22 heavy (non-hydrogen) atoms. The van der Waals surface area contributed by atoms with Gasteiger partial charge in [-0.05, 0) is 25.3 Å². The first-order chi connectivity index (χ1) is 10.7. The largest absolute Gasteiger partial charge is 0.370 e. The molecule has 0 aliphatic carbocycles. The maximum Gasteiger partial charge on any atom is 0.219 e. The van der Waals surface area contributed by atoms with E-state index in [2.05, 4.69) is 14.9 Å². The van der Waals surface area contributed by atoms with Gasteiger partial charge in [0.2, 0.25) is 5.91 Å². The Morgan fingerprint density at radius 1 is 1.32 bits per heavy atom. The molecule has 1 atom stereocenters. The maximum absolute atomic E-state index is 11.5. The molecule has 0 N–H and O–H groups in total. The van der Waals surface area contributed by atoms with Crippen LogP contribution in [-0.2, 0) is 16.1 Å². The van der Waals surface area contributed by atoms with Crippen molar-refractivity contribution in [2.45, 2.75) is 38.8 Å². The zero-order valence-electron chi connectivity index (χ0n) is 13.2. The fourth-order valence-corrected chi connectivity index (χ4v) is 3.11. The lowest BCUT2D eigenvalue weighted by Crippen LogP contribution is -2.33. The summed E-state index contributed by atoms with van der Waals surface area (Å²) in [5.74, 6) is 0.986. The standard InChI is InChI=1S/C16H24N4O2/c1-13(21)20-8-3-7-19(9-10-20)12-14-5-6-17-16(18-14)15-4-2-11-22-15/h5-6,15H,2-4,7-12H2,1H3/t15-/m1/s1. The number of carbonyl (C=O) groups excluding carboxylic acids is 1. The van der Waals surface area contributed by atoms with E-state index in [0.717, 1.165) is 70.1 Å². The average molecular weight is 304 g/mol. The molecular formula is C16H24N4O2. The predicted octanol–water partition coefficient (Wildman–Crippen LogP) is 1.38. The summed E-state index contributed by atoms with van der Waals surface area (Å²) in [6.45, 7) is 6.84. The van der Waals surface area contributed by atoms with E-state index in [0.29, 0.717) is 0 Å². The van der Waals surface area contributed by atoms with Crippen LogP contribution in [0.3, 0.4) is 0 Å². The number of hydrogen-bond donors (Lipinski definition) is 0. The molecule has 1 amide bonds. The minimum absolute atomic E-state index is 0.0669. The van der Waals surface area contributed by atoms with Crippen molar-refractivity contribution in [3.8, 4) is 0 Å². The monoisotopic (exact) mass is 304 g/mol. The van der Waals surface area contributed by atoms with Gasteiger partial charge < -0.3 is 9.64 Å². The summed E-state index contributed by atoms with van der Waals surface area (Å²) >= 11 is 0. The topological polar surface area (TPSA) is 58.6 Å². The number of aromatic nitrogens is 2. The second-order valence-corrected chi connectivity index (χ2v) is 6.04. The van der Waals surface area contributed by atoms with E-state index in [1.165, 1.54) is 0 Å². The van der Waals surface area contributed by atoms with Gasteiger partial charge in [0.25, 0.3) is 0 Å². The highest BCUT2D eigenvalue weighted by Gasteiger charge is 2.21. The van der Waals surface area contributed by atoms with Gasteiger partial charge >= 0.3 is 0 Å². The van der Waals surface area contributed by atoms with Crippen LogP contribution in [0.4, 0.5) is 0 Å². The first kappa shape index (κ1) is 15.4. The van der Waals surface area contributed by atoms with Gasteiger partial charge in [0.1, 0.15) is 6.10 Å². The van der Waals surface area contributed by atoms with Crippen LogP contribution < -0.4 is 0 Å². The lowest BCUT2D eigenvalue weighted by Gasteiger charge is -2.21. The van der Waals surface area contributed by atoms with E-state index in [-0.39, 0.29) is 12.0 Å². The predicted molar refractivity (Wildman–Crippen MR) is 82.1 cm³/mol. The zero-order chi connectivity index (χ0) is 15.4. The van der Waals surface area contributed by atoms with Gasteiger partial charge in [-0.1, -0.05) is 0 Å². The van der Waals surface area contributed by atoms with Crippen LogP contribution in [-0.4, -0.2) is 58.5 Å². The van der Waals surface area contributed by atoms with Crippen LogP contribution >= 0.6 is 0 Å². The Hall–Kier alpha value is -1.53. The Morgan fingerprint density at radius 3 is 3.00 bits per heavy atom. The van der Waals surface area contributed by atoms with Crippen molar-refractivity contribution in [1.29, 1.82) is 0 Å². The van der Waals surface area contributed by atoms with Gasteiger partial charge in [0.05, 0.1) is 5.69 Å². The first-order valence-electron chi connectivity index (χ1n) is 8.13. The van der Waals surface area contributed by atoms with E-state index in [1.807, 2.05) is 17.2 Å². The van der Waals surface area contributed by atoms with Gasteiger partial charge in [-0.15, -0.1) is 0 Å². The highest BCUT2D eigenvalue weighted by atomic mass is 16.5. The van der Waals surface area contributed by atoms with Crippen molar-refractivity contribution in [3.63, 3.8) is 0 Å². The smallest absolute Gasteiger partial charge is 0.219 e. The van der Waals surface area contributed by atoms with Crippen molar-refractivity contribution < 1.29 is 9.53 Å². The summed E-state index contributed by atoms with van der Waals surface area (Å²) in [7, 11) is 0. The molecule has 0 radical (unpaired) electrons. The van der Waals surface area contributed by atoms with Crippen LogP contribution in [0, 0.1) is 0 Å². The lowest BCUT2D eigenvalue weighted by atomic mass is 10.2. The molecule has 6 nitrogen and oxygen atoms in total. The fraction of sp³-hybridized carbons (Fsp3) is 0.688. The summed E-state index contributed by atoms with van der Waals surface area (Å²) in [6.07, 6.45) is 5.02. The molecule has 3 heterocycles. The molecule has 6 heteroatoms. The minimum atomic E-state index is 0.0669. The Bertz CT molecular complexity index is 517. The average Bonchev–Trinajstić information content (AvgIpc) is 2.95. The normalized spacial score (nSPS) is 23.5. The molecule has 1 aromatic rings. The third-order valence-electron chi connectivity index (χ3n) is 4.37. The van der Waals surface area contributed by atoms with E-state index < -0.39 is 0 Å². The molecular weight excluding hydrogens is 280 g/mol. The summed E-state index contributed by atoms with van der Waals surface area (Å²) in [4.78, 5) is 24.8. The van der Waals surface area contributed by atoms with Crippen molar-refractivity contribution in [1.82, 2.24) is 19.8 Å². The lowest BCUT2D eigenvalue weighted by molar-refractivity contribution is -0.128. The van der Waals surface area contributed by atoms with E-state index in [1.54, 1.807) is 6.92 Å². The third kappa shape index (κ3) is 3.81. The number of nitrogens with zero attached hydrogens (tertiary/aromatic N) is 4. The molecule has 2 aliphatic rings. The molecule has 2 aliphatic heterocycles. The van der Waals surface area contributed by atoms with Gasteiger partial charge in [0.15, 0.2) is 5.82 Å². The summed E-state index contributed by atoms with van der Waals surface area (Å²) < 4.78 is 5.66. The summed E-state index contributed by atoms with van der Waals surface area (Å²) in [5.41, 5.74) is 1.04. The SMILES string of the molecule is CC(=O)N1CCCN(Cc2ccnc([C@H]3CCCO3)n2)CC1. The molecule has 0 saturated carbocycles. The van der Waals surface area contributed by atoms with Gasteiger partial charge in [-0.3, -0.25) is 9.69 Å².